The van der Waals surface area contributed by atoms with Gasteiger partial charge >= 0.3 is 36.1 Å². The van der Waals surface area contributed by atoms with Crippen molar-refractivity contribution in [1.82, 2.24) is 31.9 Å². The Morgan fingerprint density at radius 1 is 0.477 bits per heavy atom. The minimum Gasteiger partial charge on any atom is -0.465 e. The number of fused-ring (bicyclic) bond motifs is 6. The summed E-state index contributed by atoms with van der Waals surface area (Å²) in [6.45, 7) is 9.02. The molecular formula is C62H76N6O16S2. The minimum atomic E-state index is -1.36. The molecule has 2 aliphatic carbocycles. The lowest BCUT2D eigenvalue weighted by Gasteiger charge is -2.25. The Morgan fingerprint density at radius 2 is 0.849 bits per heavy atom. The van der Waals surface area contributed by atoms with Gasteiger partial charge in [-0.2, -0.15) is 0 Å². The SMILES string of the molecule is CCCCOC(=O)[C@H](CCC(=O)N[C@@H](CSSC[C@H](NC(=O)CC[C@H](NC(=O)OCC1c2ccccc2-c2ccccc21)C(=O)OC(C)(C)C)C(=O)NCC(=O)OCC)C(=O)NCC(=O)OCC)NC(=O)OCC1c2ccccc2-c2ccccc21. The maximum absolute atomic E-state index is 13.7. The number of benzene rings is 4. The first-order valence-electron chi connectivity index (χ1n) is 28.6. The highest BCUT2D eigenvalue weighted by atomic mass is 33.1. The van der Waals surface area contributed by atoms with Crippen LogP contribution in [0.3, 0.4) is 0 Å². The number of hydrogen-bond acceptors (Lipinski definition) is 18. The van der Waals surface area contributed by atoms with Crippen molar-refractivity contribution in [2.75, 3.05) is 57.6 Å². The first-order valence-corrected chi connectivity index (χ1v) is 31.1. The van der Waals surface area contributed by atoms with E-state index < -0.39 is 109 Å². The lowest BCUT2D eigenvalue weighted by atomic mass is 9.98. The Morgan fingerprint density at radius 3 is 1.21 bits per heavy atom. The molecule has 0 aromatic heterocycles. The van der Waals surface area contributed by atoms with E-state index in [-0.39, 0.29) is 75.6 Å². The molecule has 0 unspecified atom stereocenters. The van der Waals surface area contributed by atoms with E-state index in [4.69, 9.17) is 28.4 Å². The van der Waals surface area contributed by atoms with Crippen LogP contribution in [0.25, 0.3) is 22.3 Å². The molecule has 0 radical (unpaired) electrons. The largest absolute Gasteiger partial charge is 0.465 e. The predicted molar refractivity (Wildman–Crippen MR) is 322 cm³/mol. The van der Waals surface area contributed by atoms with Crippen molar-refractivity contribution in [3.63, 3.8) is 0 Å². The van der Waals surface area contributed by atoms with Gasteiger partial charge in [-0.15, -0.1) is 0 Å². The topological polar surface area (TPSA) is 298 Å². The minimum absolute atomic E-state index is 0.0386. The number of alkyl carbamates (subject to hydrolysis) is 2. The van der Waals surface area contributed by atoms with Crippen molar-refractivity contribution < 1.29 is 76.4 Å². The van der Waals surface area contributed by atoms with Gasteiger partial charge < -0.3 is 60.3 Å². The van der Waals surface area contributed by atoms with E-state index in [1.165, 1.54) is 0 Å². The molecule has 6 rings (SSSR count). The zero-order valence-corrected chi connectivity index (χ0v) is 50.8. The van der Waals surface area contributed by atoms with E-state index in [1.54, 1.807) is 34.6 Å². The van der Waals surface area contributed by atoms with Crippen LogP contribution in [0.1, 0.15) is 114 Å². The van der Waals surface area contributed by atoms with Crippen LogP contribution < -0.4 is 31.9 Å². The van der Waals surface area contributed by atoms with Gasteiger partial charge in [0.05, 0.1) is 19.8 Å². The molecule has 86 heavy (non-hydrogen) atoms. The molecule has 6 amide bonds. The molecule has 462 valence electrons. The van der Waals surface area contributed by atoms with Crippen molar-refractivity contribution in [3.05, 3.63) is 119 Å². The molecule has 0 aliphatic heterocycles. The molecule has 0 spiro atoms. The van der Waals surface area contributed by atoms with E-state index in [9.17, 15) is 47.9 Å². The Hall–Kier alpha value is -8.12. The number of nitrogens with one attached hydrogen (secondary N) is 6. The smallest absolute Gasteiger partial charge is 0.407 e. The molecule has 4 aromatic rings. The molecule has 0 fully saturated rings. The first-order chi connectivity index (χ1) is 41.3. The summed E-state index contributed by atoms with van der Waals surface area (Å²) in [5, 5.41) is 15.2. The van der Waals surface area contributed by atoms with Crippen LogP contribution in [0.15, 0.2) is 97.1 Å². The third-order valence-electron chi connectivity index (χ3n) is 13.6. The standard InChI is InChI=1S/C62H76N6O16S2/c1-7-10-31-81-58(75)48(67-60(77)82-34-46-42-23-15-11-19-38(42)39-20-12-16-24-43(39)46)27-29-52(69)65-50(56(73)63-32-54(71)79-8-2)36-85-86-37-51(57(74)64-33-55(72)80-9-3)66-53(70)30-28-49(59(76)84-62(4,5)6)68-61(78)83-35-47-44-25-17-13-21-40(44)41-22-14-18-26-45(41)47/h11-26,46-51H,7-10,27-37H2,1-6H3,(H,63,73)(H,64,74)(H,65,69)(H,66,70)(H,67,77)(H,68,78)/t48-,49-,50-,51-/m0/s1. The van der Waals surface area contributed by atoms with Crippen molar-refractivity contribution in [1.29, 1.82) is 0 Å². The van der Waals surface area contributed by atoms with Crippen LogP contribution in [0.2, 0.25) is 0 Å². The van der Waals surface area contributed by atoms with Crippen LogP contribution in [-0.4, -0.2) is 147 Å². The maximum Gasteiger partial charge on any atom is 0.407 e. The van der Waals surface area contributed by atoms with Gasteiger partial charge in [0, 0.05) is 36.2 Å². The van der Waals surface area contributed by atoms with Crippen LogP contribution in [-0.2, 0) is 66.8 Å². The van der Waals surface area contributed by atoms with Crippen LogP contribution >= 0.6 is 21.6 Å². The zero-order valence-electron chi connectivity index (χ0n) is 49.2. The molecule has 0 bridgehead atoms. The summed E-state index contributed by atoms with van der Waals surface area (Å²) in [6.07, 6.45) is -1.89. The van der Waals surface area contributed by atoms with Gasteiger partial charge in [0.2, 0.25) is 23.6 Å². The lowest BCUT2D eigenvalue weighted by Crippen LogP contribution is -2.50. The molecular weight excluding hydrogens is 1150 g/mol. The Balaban J connectivity index is 1.07. The molecule has 2 aliphatic rings. The van der Waals surface area contributed by atoms with E-state index in [0.29, 0.717) is 6.42 Å². The fourth-order valence-electron chi connectivity index (χ4n) is 9.52. The molecule has 4 aromatic carbocycles. The average Bonchev–Trinajstić information content (AvgIpc) is 2.77. The Kier molecular flexibility index (Phi) is 26.1. The van der Waals surface area contributed by atoms with E-state index in [2.05, 4.69) is 31.9 Å². The van der Waals surface area contributed by atoms with Crippen molar-refractivity contribution in [3.8, 4) is 22.3 Å². The summed E-state index contributed by atoms with van der Waals surface area (Å²) in [5.74, 6) is -7.00. The van der Waals surface area contributed by atoms with Gasteiger partial charge in [0.15, 0.2) is 0 Å². The predicted octanol–water partition coefficient (Wildman–Crippen LogP) is 6.76. The third kappa shape index (κ3) is 20.3. The van der Waals surface area contributed by atoms with E-state index in [1.807, 2.05) is 104 Å². The number of hydrogen-bond donors (Lipinski definition) is 6. The van der Waals surface area contributed by atoms with Gasteiger partial charge in [0.1, 0.15) is 56.1 Å². The highest BCUT2D eigenvalue weighted by Crippen LogP contribution is 2.46. The number of carbonyl (C=O) groups excluding carboxylic acids is 10. The van der Waals surface area contributed by atoms with Crippen LogP contribution in [0, 0.1) is 0 Å². The molecule has 0 saturated heterocycles. The summed E-state index contributed by atoms with van der Waals surface area (Å²) in [6, 6.07) is 25.9. The summed E-state index contributed by atoms with van der Waals surface area (Å²) >= 11 is 0. The number of unbranched alkanes of at least 4 members (excludes halogenated alkanes) is 1. The number of amides is 6. The molecule has 22 nitrogen and oxygen atoms in total. The summed E-state index contributed by atoms with van der Waals surface area (Å²) in [7, 11) is 2.02. The summed E-state index contributed by atoms with van der Waals surface area (Å²) in [4.78, 5) is 133. The van der Waals surface area contributed by atoms with E-state index in [0.717, 1.165) is 72.5 Å². The summed E-state index contributed by atoms with van der Waals surface area (Å²) in [5.41, 5.74) is 7.05. The summed E-state index contributed by atoms with van der Waals surface area (Å²) < 4.78 is 32.3. The number of ether oxygens (including phenoxy) is 6. The third-order valence-corrected chi connectivity index (χ3v) is 16.0. The Bertz CT molecular complexity index is 2950. The number of carbonyl (C=O) groups is 10. The molecule has 0 heterocycles. The van der Waals surface area contributed by atoms with E-state index >= 15 is 0 Å². The molecule has 24 heteroatoms. The van der Waals surface area contributed by atoms with Crippen LogP contribution in [0.4, 0.5) is 9.59 Å². The second-order valence-corrected chi connectivity index (χ2v) is 23.6. The Labute approximate surface area is 508 Å². The van der Waals surface area contributed by atoms with Crippen molar-refractivity contribution >= 4 is 81.3 Å². The van der Waals surface area contributed by atoms with Crippen molar-refractivity contribution in [2.45, 2.75) is 122 Å². The maximum atomic E-state index is 13.7. The van der Waals surface area contributed by atoms with Gasteiger partial charge in [-0.25, -0.2) is 19.2 Å². The normalized spacial score (nSPS) is 13.5. The van der Waals surface area contributed by atoms with Crippen LogP contribution in [0.5, 0.6) is 0 Å². The monoisotopic (exact) mass is 1220 g/mol. The van der Waals surface area contributed by atoms with Gasteiger partial charge in [-0.1, -0.05) is 132 Å². The molecule has 4 atom stereocenters. The second-order valence-electron chi connectivity index (χ2n) is 21.0. The van der Waals surface area contributed by atoms with Gasteiger partial charge in [0.25, 0.3) is 0 Å². The molecule has 6 N–H and O–H groups in total. The fraction of sp³-hybridized carbons (Fsp3) is 0.452. The number of rotatable bonds is 32. The quantitative estimate of drug-likeness (QED) is 0.0127. The molecule has 0 saturated carbocycles. The fourth-order valence-corrected chi connectivity index (χ4v) is 11.9. The average molecular weight is 1230 g/mol. The second kappa shape index (κ2) is 33.5. The first kappa shape index (κ1) is 67.0. The van der Waals surface area contributed by atoms with Crippen molar-refractivity contribution in [2.24, 2.45) is 0 Å². The number of esters is 4. The lowest BCUT2D eigenvalue weighted by molar-refractivity contribution is -0.157. The highest BCUT2D eigenvalue weighted by molar-refractivity contribution is 8.76. The highest BCUT2D eigenvalue weighted by Gasteiger charge is 2.34. The van der Waals surface area contributed by atoms with Gasteiger partial charge in [-0.3, -0.25) is 28.8 Å². The van der Waals surface area contributed by atoms with Gasteiger partial charge in [-0.05, 0) is 98.4 Å². The zero-order chi connectivity index (χ0) is 62.2.